The Hall–Kier alpha value is -0.870. The van der Waals surface area contributed by atoms with Gasteiger partial charge >= 0.3 is 0 Å². The number of rotatable bonds is 5. The highest BCUT2D eigenvalue weighted by Crippen LogP contribution is 2.22. The van der Waals surface area contributed by atoms with Crippen molar-refractivity contribution in [3.8, 4) is 0 Å². The lowest BCUT2D eigenvalue weighted by Gasteiger charge is -2.35. The van der Waals surface area contributed by atoms with E-state index in [4.69, 9.17) is 4.42 Å². The van der Waals surface area contributed by atoms with E-state index >= 15 is 0 Å². The Bertz CT molecular complexity index is 337. The van der Waals surface area contributed by atoms with Crippen molar-refractivity contribution in [3.63, 3.8) is 0 Å². The molecule has 1 aliphatic rings. The third-order valence-corrected chi connectivity index (χ3v) is 3.67. The molecule has 0 saturated carbocycles. The second-order valence-corrected chi connectivity index (χ2v) is 4.87. The van der Waals surface area contributed by atoms with Crippen LogP contribution in [0, 0.1) is 6.92 Å². The molecular weight excluding hydrogens is 214 g/mol. The van der Waals surface area contributed by atoms with Crippen molar-refractivity contribution >= 4 is 0 Å². The third-order valence-electron chi connectivity index (χ3n) is 3.67. The summed E-state index contributed by atoms with van der Waals surface area (Å²) in [5.41, 5.74) is 1.10. The van der Waals surface area contributed by atoms with Crippen LogP contribution in [0.15, 0.2) is 10.8 Å². The summed E-state index contributed by atoms with van der Waals surface area (Å²) < 4.78 is 5.27. The molecule has 0 spiro atoms. The Morgan fingerprint density at radius 2 is 2.41 bits per heavy atom. The van der Waals surface area contributed by atoms with Crippen molar-refractivity contribution in [1.29, 1.82) is 0 Å². The number of aryl methyl sites for hydroxylation is 1. The van der Waals surface area contributed by atoms with Crippen LogP contribution < -0.4 is 5.32 Å². The van der Waals surface area contributed by atoms with Gasteiger partial charge in [-0.15, -0.1) is 0 Å². The monoisotopic (exact) mass is 237 g/mol. The number of hydrogen-bond donors (Lipinski definition) is 1. The average Bonchev–Trinajstić information content (AvgIpc) is 2.74. The van der Waals surface area contributed by atoms with Crippen LogP contribution in [-0.4, -0.2) is 36.1 Å². The maximum Gasteiger partial charge on any atom is 0.181 e. The first kappa shape index (κ1) is 12.6. The van der Waals surface area contributed by atoms with Gasteiger partial charge in [0.25, 0.3) is 0 Å². The lowest BCUT2D eigenvalue weighted by Crippen LogP contribution is -2.40. The van der Waals surface area contributed by atoms with E-state index in [9.17, 15) is 0 Å². The van der Waals surface area contributed by atoms with Crippen LogP contribution in [0.25, 0.3) is 0 Å². The minimum Gasteiger partial charge on any atom is -0.448 e. The molecule has 0 amide bonds. The molecule has 0 aliphatic carbocycles. The van der Waals surface area contributed by atoms with E-state index in [-0.39, 0.29) is 0 Å². The molecule has 1 aromatic rings. The van der Waals surface area contributed by atoms with E-state index in [1.54, 1.807) is 6.39 Å². The van der Waals surface area contributed by atoms with Gasteiger partial charge in [-0.3, -0.25) is 4.90 Å². The van der Waals surface area contributed by atoms with Crippen LogP contribution in [0.4, 0.5) is 0 Å². The quantitative estimate of drug-likeness (QED) is 0.850. The van der Waals surface area contributed by atoms with E-state index in [0.717, 1.165) is 24.5 Å². The summed E-state index contributed by atoms with van der Waals surface area (Å²) in [7, 11) is 2.02. The van der Waals surface area contributed by atoms with Gasteiger partial charge in [-0.05, 0) is 46.3 Å². The number of aromatic nitrogens is 1. The lowest BCUT2D eigenvalue weighted by molar-refractivity contribution is 0.130. The zero-order chi connectivity index (χ0) is 12.1. The largest absolute Gasteiger partial charge is 0.448 e. The molecule has 0 radical (unpaired) electrons. The molecule has 1 unspecified atom stereocenters. The van der Waals surface area contributed by atoms with Crippen LogP contribution in [-0.2, 0) is 6.54 Å². The molecule has 1 saturated heterocycles. The molecule has 1 fully saturated rings. The van der Waals surface area contributed by atoms with Crippen molar-refractivity contribution in [1.82, 2.24) is 15.2 Å². The molecule has 2 heterocycles. The Balaban J connectivity index is 1.94. The predicted molar refractivity (Wildman–Crippen MR) is 67.8 cm³/mol. The van der Waals surface area contributed by atoms with Crippen molar-refractivity contribution in [3.05, 3.63) is 17.8 Å². The number of nitrogens with one attached hydrogen (secondary N) is 1. The van der Waals surface area contributed by atoms with Crippen LogP contribution in [0.1, 0.15) is 37.1 Å². The number of nitrogens with zero attached hydrogens (tertiary/aromatic N) is 2. The smallest absolute Gasteiger partial charge is 0.181 e. The van der Waals surface area contributed by atoms with Crippen molar-refractivity contribution in [2.45, 2.75) is 45.2 Å². The van der Waals surface area contributed by atoms with E-state index in [2.05, 4.69) is 15.2 Å². The maximum atomic E-state index is 5.27. The fourth-order valence-electron chi connectivity index (χ4n) is 2.58. The van der Waals surface area contributed by atoms with Gasteiger partial charge in [-0.2, -0.15) is 0 Å². The molecule has 0 bridgehead atoms. The number of likely N-dealkylation sites (tertiary alicyclic amines) is 1. The zero-order valence-electron chi connectivity index (χ0n) is 10.9. The Morgan fingerprint density at radius 3 is 3.12 bits per heavy atom. The van der Waals surface area contributed by atoms with Crippen LogP contribution in [0.5, 0.6) is 0 Å². The lowest BCUT2D eigenvalue weighted by atomic mass is 9.99. The summed E-state index contributed by atoms with van der Waals surface area (Å²) >= 11 is 0. The molecule has 0 aromatic carbocycles. The fraction of sp³-hybridized carbons (Fsp3) is 0.769. The van der Waals surface area contributed by atoms with E-state index in [0.29, 0.717) is 6.04 Å². The average molecular weight is 237 g/mol. The Labute approximate surface area is 103 Å². The summed E-state index contributed by atoms with van der Waals surface area (Å²) in [5, 5.41) is 3.24. The molecule has 4 heteroatoms. The molecule has 1 atom stereocenters. The second-order valence-electron chi connectivity index (χ2n) is 4.87. The molecule has 1 aliphatic heterocycles. The highest BCUT2D eigenvalue weighted by atomic mass is 16.3. The van der Waals surface area contributed by atoms with Gasteiger partial charge in [-0.25, -0.2) is 4.98 Å². The molecule has 4 nitrogen and oxygen atoms in total. The van der Waals surface area contributed by atoms with Gasteiger partial charge in [0.15, 0.2) is 6.39 Å². The van der Waals surface area contributed by atoms with Gasteiger partial charge in [0.2, 0.25) is 0 Å². The molecule has 1 N–H and O–H groups in total. The minimum absolute atomic E-state index is 0.701. The summed E-state index contributed by atoms with van der Waals surface area (Å²) in [6.07, 6.45) is 6.78. The number of hydrogen-bond acceptors (Lipinski definition) is 4. The molecule has 1 aromatic heterocycles. The Morgan fingerprint density at radius 1 is 1.53 bits per heavy atom. The van der Waals surface area contributed by atoms with Gasteiger partial charge in [-0.1, -0.05) is 6.42 Å². The normalized spacial score (nSPS) is 21.9. The molecular formula is C13H23N3O. The standard InChI is InChI=1S/C13H23N3O/c1-11-13(15-10-17-11)9-16-8-4-3-5-12(16)6-7-14-2/h10,12,14H,3-9H2,1-2H3. The minimum atomic E-state index is 0.701. The van der Waals surface area contributed by atoms with Crippen LogP contribution >= 0.6 is 0 Å². The van der Waals surface area contributed by atoms with Crippen molar-refractivity contribution in [2.24, 2.45) is 0 Å². The van der Waals surface area contributed by atoms with Gasteiger partial charge in [0.1, 0.15) is 5.76 Å². The summed E-state index contributed by atoms with van der Waals surface area (Å²) in [6.45, 7) is 5.23. The summed E-state index contributed by atoms with van der Waals surface area (Å²) in [6, 6.07) is 0.701. The fourth-order valence-corrected chi connectivity index (χ4v) is 2.58. The number of piperidine rings is 1. The molecule has 96 valence electrons. The SMILES string of the molecule is CNCCC1CCCCN1Cc1ncoc1C. The van der Waals surface area contributed by atoms with E-state index < -0.39 is 0 Å². The second kappa shape index (κ2) is 6.17. The Kier molecular flexibility index (Phi) is 4.57. The maximum absolute atomic E-state index is 5.27. The topological polar surface area (TPSA) is 41.3 Å². The van der Waals surface area contributed by atoms with E-state index in [1.807, 2.05) is 14.0 Å². The number of oxazole rings is 1. The van der Waals surface area contributed by atoms with Gasteiger partial charge < -0.3 is 9.73 Å². The van der Waals surface area contributed by atoms with Crippen molar-refractivity contribution in [2.75, 3.05) is 20.1 Å². The van der Waals surface area contributed by atoms with Gasteiger partial charge in [0, 0.05) is 12.6 Å². The molecule has 17 heavy (non-hydrogen) atoms. The highest BCUT2D eigenvalue weighted by molar-refractivity contribution is 5.05. The van der Waals surface area contributed by atoms with Crippen LogP contribution in [0.2, 0.25) is 0 Å². The zero-order valence-corrected chi connectivity index (χ0v) is 10.9. The predicted octanol–water partition coefficient (Wildman–Crippen LogP) is 1.95. The van der Waals surface area contributed by atoms with E-state index in [1.165, 1.54) is 32.2 Å². The van der Waals surface area contributed by atoms with Crippen LogP contribution in [0.3, 0.4) is 0 Å². The van der Waals surface area contributed by atoms with Gasteiger partial charge in [0.05, 0.1) is 5.69 Å². The summed E-state index contributed by atoms with van der Waals surface area (Å²) in [4.78, 5) is 6.86. The first-order valence-corrected chi connectivity index (χ1v) is 6.59. The van der Waals surface area contributed by atoms with Crippen molar-refractivity contribution < 1.29 is 4.42 Å². The molecule has 2 rings (SSSR count). The first-order valence-electron chi connectivity index (χ1n) is 6.59. The first-order chi connectivity index (χ1) is 8.31. The highest BCUT2D eigenvalue weighted by Gasteiger charge is 2.23. The summed E-state index contributed by atoms with van der Waals surface area (Å²) in [5.74, 6) is 0.961. The third kappa shape index (κ3) is 3.30.